The molecule has 0 saturated carbocycles. The number of esters is 1. The first-order valence-electron chi connectivity index (χ1n) is 6.36. The lowest BCUT2D eigenvalue weighted by Crippen LogP contribution is -2.39. The number of ether oxygens (including phenoxy) is 1. The number of hydrogen-bond donors (Lipinski definition) is 1. The zero-order valence-corrected chi connectivity index (χ0v) is 11.3. The molecule has 0 aliphatic carbocycles. The maximum absolute atomic E-state index is 14.3. The van der Waals surface area contributed by atoms with E-state index in [1.807, 2.05) is 0 Å². The third-order valence-electron chi connectivity index (χ3n) is 3.49. The van der Waals surface area contributed by atoms with Gasteiger partial charge in [0.15, 0.2) is 0 Å². The smallest absolute Gasteiger partial charge is 0.345 e. The molecule has 1 fully saturated rings. The SMILES string of the molecule is COC(=O)C1(F)CCN(C(=O)c2ccc(CN)cc2)C1. The second-order valence-corrected chi connectivity index (χ2v) is 4.83. The Labute approximate surface area is 116 Å². The first-order chi connectivity index (χ1) is 9.50. The minimum Gasteiger partial charge on any atom is -0.467 e. The highest BCUT2D eigenvalue weighted by atomic mass is 19.1. The summed E-state index contributed by atoms with van der Waals surface area (Å²) in [7, 11) is 1.14. The fraction of sp³-hybridized carbons (Fsp3) is 0.429. The Morgan fingerprint density at radius 3 is 2.60 bits per heavy atom. The number of hydrogen-bond acceptors (Lipinski definition) is 4. The molecule has 2 N–H and O–H groups in total. The van der Waals surface area contributed by atoms with Gasteiger partial charge in [-0.3, -0.25) is 4.79 Å². The van der Waals surface area contributed by atoms with Crippen LogP contribution in [0.1, 0.15) is 22.3 Å². The molecule has 0 bridgehead atoms. The number of nitrogens with zero attached hydrogens (tertiary/aromatic N) is 1. The van der Waals surface area contributed by atoms with Gasteiger partial charge in [-0.15, -0.1) is 0 Å². The van der Waals surface area contributed by atoms with Crippen LogP contribution in [-0.2, 0) is 16.1 Å². The van der Waals surface area contributed by atoms with Gasteiger partial charge < -0.3 is 15.4 Å². The highest BCUT2D eigenvalue weighted by Gasteiger charge is 2.47. The van der Waals surface area contributed by atoms with Crippen molar-refractivity contribution in [1.82, 2.24) is 4.90 Å². The van der Waals surface area contributed by atoms with Gasteiger partial charge in [0.25, 0.3) is 5.91 Å². The number of carbonyl (C=O) groups excluding carboxylic acids is 2. The summed E-state index contributed by atoms with van der Waals surface area (Å²) in [6.45, 7) is 0.328. The quantitative estimate of drug-likeness (QED) is 0.834. The van der Waals surface area contributed by atoms with Crippen LogP contribution in [0.5, 0.6) is 0 Å². The second-order valence-electron chi connectivity index (χ2n) is 4.83. The van der Waals surface area contributed by atoms with E-state index in [4.69, 9.17) is 5.73 Å². The average Bonchev–Trinajstić information content (AvgIpc) is 2.89. The average molecular weight is 280 g/mol. The maximum Gasteiger partial charge on any atom is 0.345 e. The molecule has 6 heteroatoms. The number of likely N-dealkylation sites (tertiary alicyclic amines) is 1. The van der Waals surface area contributed by atoms with Crippen molar-refractivity contribution >= 4 is 11.9 Å². The van der Waals surface area contributed by atoms with Crippen molar-refractivity contribution in [3.63, 3.8) is 0 Å². The molecule has 5 nitrogen and oxygen atoms in total. The molecular formula is C14H17FN2O3. The summed E-state index contributed by atoms with van der Waals surface area (Å²) in [6.07, 6.45) is -0.0354. The van der Waals surface area contributed by atoms with Crippen LogP contribution in [-0.4, -0.2) is 42.6 Å². The molecule has 0 aromatic heterocycles. The Kier molecular flexibility index (Phi) is 4.04. The van der Waals surface area contributed by atoms with E-state index in [1.54, 1.807) is 24.3 Å². The molecular weight excluding hydrogens is 263 g/mol. The van der Waals surface area contributed by atoms with Gasteiger partial charge in [0, 0.05) is 25.1 Å². The normalized spacial score (nSPS) is 21.9. The van der Waals surface area contributed by atoms with E-state index in [1.165, 1.54) is 4.90 Å². The Morgan fingerprint density at radius 2 is 2.05 bits per heavy atom. The van der Waals surface area contributed by atoms with E-state index >= 15 is 0 Å². The summed E-state index contributed by atoms with van der Waals surface area (Å²) in [4.78, 5) is 24.9. The van der Waals surface area contributed by atoms with Crippen LogP contribution >= 0.6 is 0 Å². The fourth-order valence-electron chi connectivity index (χ4n) is 2.26. The molecule has 0 radical (unpaired) electrons. The van der Waals surface area contributed by atoms with E-state index in [0.717, 1.165) is 12.7 Å². The van der Waals surface area contributed by atoms with Crippen LogP contribution in [0.2, 0.25) is 0 Å². The Morgan fingerprint density at radius 1 is 1.40 bits per heavy atom. The van der Waals surface area contributed by atoms with Gasteiger partial charge in [-0.25, -0.2) is 9.18 Å². The van der Waals surface area contributed by atoms with Crippen molar-refractivity contribution in [2.75, 3.05) is 20.2 Å². The molecule has 1 aromatic rings. The Balaban J connectivity index is 2.09. The van der Waals surface area contributed by atoms with E-state index in [-0.39, 0.29) is 25.4 Å². The first-order valence-corrected chi connectivity index (χ1v) is 6.36. The molecule has 1 aromatic carbocycles. The van der Waals surface area contributed by atoms with Gasteiger partial charge in [0.2, 0.25) is 5.67 Å². The third-order valence-corrected chi connectivity index (χ3v) is 3.49. The third kappa shape index (κ3) is 2.65. The zero-order chi connectivity index (χ0) is 14.8. The van der Waals surface area contributed by atoms with Crippen molar-refractivity contribution in [1.29, 1.82) is 0 Å². The predicted octanol–water partition coefficient (Wildman–Crippen LogP) is 0.872. The maximum atomic E-state index is 14.3. The van der Waals surface area contributed by atoms with Gasteiger partial charge in [0.1, 0.15) is 0 Å². The molecule has 1 unspecified atom stereocenters. The highest BCUT2D eigenvalue weighted by Crippen LogP contribution is 2.28. The lowest BCUT2D eigenvalue weighted by atomic mass is 10.1. The van der Waals surface area contributed by atoms with Crippen LogP contribution in [0, 0.1) is 0 Å². The highest BCUT2D eigenvalue weighted by molar-refractivity contribution is 5.95. The Hall–Kier alpha value is -1.95. The number of halogens is 1. The van der Waals surface area contributed by atoms with Gasteiger partial charge >= 0.3 is 5.97 Å². The van der Waals surface area contributed by atoms with Gasteiger partial charge in [-0.2, -0.15) is 0 Å². The number of rotatable bonds is 3. The summed E-state index contributed by atoms with van der Waals surface area (Å²) in [6, 6.07) is 6.82. The van der Waals surface area contributed by atoms with Crippen LogP contribution in [0.25, 0.3) is 0 Å². The van der Waals surface area contributed by atoms with Crippen molar-refractivity contribution in [3.05, 3.63) is 35.4 Å². The van der Waals surface area contributed by atoms with E-state index in [0.29, 0.717) is 12.1 Å². The van der Waals surface area contributed by atoms with E-state index < -0.39 is 11.6 Å². The minimum absolute atomic E-state index is 0.0354. The van der Waals surface area contributed by atoms with Crippen molar-refractivity contribution in [2.24, 2.45) is 5.73 Å². The van der Waals surface area contributed by atoms with Gasteiger partial charge in [-0.1, -0.05) is 12.1 Å². The summed E-state index contributed by atoms with van der Waals surface area (Å²) in [5.41, 5.74) is 4.76. The summed E-state index contributed by atoms with van der Waals surface area (Å²) in [5.74, 6) is -1.22. The first kappa shape index (κ1) is 14.5. The number of methoxy groups -OCH3 is 1. The zero-order valence-electron chi connectivity index (χ0n) is 11.3. The molecule has 1 aliphatic heterocycles. The molecule has 20 heavy (non-hydrogen) atoms. The second kappa shape index (κ2) is 5.58. The van der Waals surface area contributed by atoms with Crippen LogP contribution in [0.4, 0.5) is 4.39 Å². The summed E-state index contributed by atoms with van der Waals surface area (Å²) >= 11 is 0. The van der Waals surface area contributed by atoms with Crippen molar-refractivity contribution in [3.8, 4) is 0 Å². The standard InChI is InChI=1S/C14H17FN2O3/c1-20-13(19)14(15)6-7-17(9-14)12(18)11-4-2-10(8-16)3-5-11/h2-5H,6-9,16H2,1H3. The topological polar surface area (TPSA) is 72.6 Å². The Bertz CT molecular complexity index is 518. The lowest BCUT2D eigenvalue weighted by molar-refractivity contribution is -0.153. The molecule has 1 atom stereocenters. The van der Waals surface area contributed by atoms with E-state index in [9.17, 15) is 14.0 Å². The monoisotopic (exact) mass is 280 g/mol. The van der Waals surface area contributed by atoms with Crippen molar-refractivity contribution < 1.29 is 18.7 Å². The number of carbonyl (C=O) groups is 2. The number of benzene rings is 1. The molecule has 1 saturated heterocycles. The molecule has 2 rings (SSSR count). The molecule has 1 aliphatic rings. The van der Waals surface area contributed by atoms with Crippen LogP contribution < -0.4 is 5.73 Å². The largest absolute Gasteiger partial charge is 0.467 e. The lowest BCUT2D eigenvalue weighted by Gasteiger charge is -2.19. The van der Waals surface area contributed by atoms with Crippen molar-refractivity contribution in [2.45, 2.75) is 18.6 Å². The molecule has 1 heterocycles. The summed E-state index contributed by atoms with van der Waals surface area (Å²) in [5, 5.41) is 0. The number of nitrogens with two attached hydrogens (primary N) is 1. The number of amides is 1. The molecule has 0 spiro atoms. The number of alkyl halides is 1. The van der Waals surface area contributed by atoms with E-state index in [2.05, 4.69) is 4.74 Å². The predicted molar refractivity (Wildman–Crippen MR) is 70.7 cm³/mol. The van der Waals surface area contributed by atoms with Crippen LogP contribution in [0.3, 0.4) is 0 Å². The fourth-order valence-corrected chi connectivity index (χ4v) is 2.26. The molecule has 1 amide bonds. The molecule has 108 valence electrons. The van der Waals surface area contributed by atoms with Crippen LogP contribution in [0.15, 0.2) is 24.3 Å². The van der Waals surface area contributed by atoms with Gasteiger partial charge in [-0.05, 0) is 17.7 Å². The minimum atomic E-state index is -2.10. The summed E-state index contributed by atoms with van der Waals surface area (Å²) < 4.78 is 18.7. The van der Waals surface area contributed by atoms with Gasteiger partial charge in [0.05, 0.1) is 13.7 Å².